The van der Waals surface area contributed by atoms with Crippen molar-refractivity contribution in [2.45, 2.75) is 88.9 Å². The molecule has 1 heteroatoms. The number of hydrogen-bond acceptors (Lipinski definition) is 1. The maximum absolute atomic E-state index is 2.57. The lowest BCUT2D eigenvalue weighted by Gasteiger charge is -2.61. The Bertz CT molecular complexity index is 2400. The first-order chi connectivity index (χ1) is 26.7. The van der Waals surface area contributed by atoms with Crippen LogP contribution in [0.25, 0.3) is 33.4 Å². The molecule has 4 bridgehead atoms. The van der Waals surface area contributed by atoms with E-state index in [9.17, 15) is 0 Å². The van der Waals surface area contributed by atoms with Gasteiger partial charge < -0.3 is 4.90 Å². The van der Waals surface area contributed by atoms with Gasteiger partial charge in [0.2, 0.25) is 0 Å². The van der Waals surface area contributed by atoms with E-state index in [1.807, 2.05) is 0 Å². The lowest BCUT2D eigenvalue weighted by Crippen LogP contribution is -2.55. The highest BCUT2D eigenvalue weighted by molar-refractivity contribution is 5.96. The minimum Gasteiger partial charge on any atom is -0.310 e. The van der Waals surface area contributed by atoms with Crippen LogP contribution in [0.5, 0.6) is 0 Å². The van der Waals surface area contributed by atoms with Gasteiger partial charge in [-0.15, -0.1) is 0 Å². The van der Waals surface area contributed by atoms with Crippen LogP contribution in [0.3, 0.4) is 0 Å². The van der Waals surface area contributed by atoms with Crippen LogP contribution in [-0.4, -0.2) is 0 Å². The maximum Gasteiger partial charge on any atom is 0.0543 e. The molecular formula is C54H53N. The van der Waals surface area contributed by atoms with Gasteiger partial charge in [0.15, 0.2) is 0 Å². The van der Waals surface area contributed by atoms with Crippen LogP contribution in [0.1, 0.15) is 94.9 Å². The molecule has 0 unspecified atom stereocenters. The van der Waals surface area contributed by atoms with Crippen LogP contribution < -0.4 is 4.90 Å². The van der Waals surface area contributed by atoms with Gasteiger partial charge >= 0.3 is 0 Å². The van der Waals surface area contributed by atoms with E-state index in [-0.39, 0.29) is 16.2 Å². The molecule has 6 aromatic carbocycles. The predicted molar refractivity (Wildman–Crippen MR) is 231 cm³/mol. The van der Waals surface area contributed by atoms with E-state index in [0.717, 1.165) is 23.7 Å². The smallest absolute Gasteiger partial charge is 0.0543 e. The van der Waals surface area contributed by atoms with Crippen LogP contribution in [-0.2, 0) is 16.2 Å². The van der Waals surface area contributed by atoms with Crippen LogP contribution in [0.4, 0.5) is 17.1 Å². The summed E-state index contributed by atoms with van der Waals surface area (Å²) in [5.74, 6) is 3.34. The molecule has 1 nitrogen and oxygen atoms in total. The Morgan fingerprint density at radius 2 is 0.964 bits per heavy atom. The average molecular weight is 716 g/mol. The summed E-state index contributed by atoms with van der Waals surface area (Å²) in [6.07, 6.45) is 9.49. The molecule has 0 aromatic heterocycles. The third-order valence-corrected chi connectivity index (χ3v) is 15.3. The van der Waals surface area contributed by atoms with E-state index in [0.29, 0.717) is 0 Å². The summed E-state index contributed by atoms with van der Waals surface area (Å²) in [7, 11) is 0. The third kappa shape index (κ3) is 4.90. The number of rotatable bonds is 5. The largest absolute Gasteiger partial charge is 0.310 e. The van der Waals surface area contributed by atoms with Crippen LogP contribution in [0, 0.1) is 23.7 Å². The Hall–Kier alpha value is -4.88. The van der Waals surface area contributed by atoms with Crippen molar-refractivity contribution < 1.29 is 0 Å². The number of benzene rings is 6. The summed E-state index contributed by atoms with van der Waals surface area (Å²) in [5, 5.41) is 0. The first kappa shape index (κ1) is 33.5. The fourth-order valence-electron chi connectivity index (χ4n) is 13.0. The normalized spacial score (nSPS) is 26.0. The van der Waals surface area contributed by atoms with Crippen molar-refractivity contribution in [2.75, 3.05) is 4.90 Å². The summed E-state index contributed by atoms with van der Waals surface area (Å²) in [6.45, 7) is 9.76. The number of fused-ring (bicyclic) bond motifs is 4. The Labute approximate surface area is 328 Å². The molecule has 0 N–H and O–H groups in total. The highest BCUT2D eigenvalue weighted by atomic mass is 15.1. The fourth-order valence-corrected chi connectivity index (χ4v) is 13.0. The minimum absolute atomic E-state index is 0.134. The van der Waals surface area contributed by atoms with Gasteiger partial charge in [0, 0.05) is 22.4 Å². The van der Waals surface area contributed by atoms with Gasteiger partial charge in [-0.25, -0.2) is 0 Å². The van der Waals surface area contributed by atoms with E-state index in [1.165, 1.54) is 107 Å². The second-order valence-electron chi connectivity index (χ2n) is 19.2. The Balaban J connectivity index is 1.09. The van der Waals surface area contributed by atoms with E-state index >= 15 is 0 Å². The molecule has 4 saturated carbocycles. The molecule has 4 fully saturated rings. The summed E-state index contributed by atoms with van der Waals surface area (Å²) in [6, 6.07) is 53.6. The monoisotopic (exact) mass is 715 g/mol. The highest BCUT2D eigenvalue weighted by Crippen LogP contribution is 2.70. The van der Waals surface area contributed by atoms with Gasteiger partial charge in [-0.1, -0.05) is 137 Å². The average Bonchev–Trinajstić information content (AvgIpc) is 3.51. The highest BCUT2D eigenvalue weighted by Gasteiger charge is 2.61. The lowest BCUT2D eigenvalue weighted by molar-refractivity contribution is -0.0399. The number of anilines is 3. The van der Waals surface area contributed by atoms with Gasteiger partial charge in [-0.05, 0) is 160 Å². The zero-order valence-electron chi connectivity index (χ0n) is 33.0. The molecule has 0 radical (unpaired) electrons. The topological polar surface area (TPSA) is 3.24 Å². The van der Waals surface area contributed by atoms with Crippen molar-refractivity contribution in [3.63, 3.8) is 0 Å². The molecule has 0 saturated heterocycles. The van der Waals surface area contributed by atoms with Gasteiger partial charge in [0.05, 0.1) is 5.69 Å². The van der Waals surface area contributed by atoms with Gasteiger partial charge in [0.25, 0.3) is 0 Å². The SMILES string of the molecule is CC1(C)CCC(C)(C)c2c(-c3ccc(N(c4ccc(-c5ccccc5)cc4)c4cccc5c4-c4ccccc4C54C5CC6CC(C5)CC4C6)cc3)cccc21. The van der Waals surface area contributed by atoms with Crippen molar-refractivity contribution in [1.82, 2.24) is 0 Å². The van der Waals surface area contributed by atoms with Crippen molar-refractivity contribution >= 4 is 17.1 Å². The van der Waals surface area contributed by atoms with Crippen LogP contribution in [0.2, 0.25) is 0 Å². The summed E-state index contributed by atoms with van der Waals surface area (Å²) >= 11 is 0. The molecular weight excluding hydrogens is 663 g/mol. The Morgan fingerprint density at radius 3 is 1.65 bits per heavy atom. The Kier molecular flexibility index (Phi) is 7.34. The van der Waals surface area contributed by atoms with Crippen LogP contribution >= 0.6 is 0 Å². The Morgan fingerprint density at radius 1 is 0.436 bits per heavy atom. The zero-order valence-corrected chi connectivity index (χ0v) is 33.0. The molecule has 6 aliphatic rings. The quantitative estimate of drug-likeness (QED) is 0.172. The standard InChI is InChI=1S/C54H53N/c1-52(2)28-29-53(3,4)51-44(15-10-18-48(51)52)39-22-26-43(27-23-39)55(42-24-20-38(21-25-42)37-12-6-5-7-13-37)49-19-11-17-47-50(49)45-14-8-9-16-46(45)54(47)40-31-35-30-36(33-40)34-41(54)32-35/h5-27,35-36,40-41H,28-34H2,1-4H3. The molecule has 12 rings (SSSR count). The number of hydrogen-bond donors (Lipinski definition) is 0. The molecule has 6 aliphatic carbocycles. The van der Waals surface area contributed by atoms with E-state index in [1.54, 1.807) is 11.1 Å². The molecule has 6 aromatic rings. The molecule has 0 atom stereocenters. The van der Waals surface area contributed by atoms with Crippen molar-refractivity contribution in [3.8, 4) is 33.4 Å². The summed E-state index contributed by atoms with van der Waals surface area (Å²) < 4.78 is 0. The van der Waals surface area contributed by atoms with Gasteiger partial charge in [-0.3, -0.25) is 0 Å². The zero-order chi connectivity index (χ0) is 37.1. The summed E-state index contributed by atoms with van der Waals surface area (Å²) in [5.41, 5.74) is 18.5. The second-order valence-corrected chi connectivity index (χ2v) is 19.2. The first-order valence-electron chi connectivity index (χ1n) is 21.2. The summed E-state index contributed by atoms with van der Waals surface area (Å²) in [4.78, 5) is 2.57. The van der Waals surface area contributed by atoms with Crippen molar-refractivity contribution in [1.29, 1.82) is 0 Å². The number of nitrogens with zero attached hydrogens (tertiary/aromatic N) is 1. The molecule has 274 valence electrons. The van der Waals surface area contributed by atoms with E-state index < -0.39 is 0 Å². The third-order valence-electron chi connectivity index (χ3n) is 15.3. The molecule has 55 heavy (non-hydrogen) atoms. The minimum atomic E-state index is 0.134. The second kappa shape index (κ2) is 12.1. The maximum atomic E-state index is 2.57. The first-order valence-corrected chi connectivity index (χ1v) is 21.2. The molecule has 0 aliphatic heterocycles. The van der Waals surface area contributed by atoms with E-state index in [4.69, 9.17) is 0 Å². The van der Waals surface area contributed by atoms with Crippen LogP contribution in [0.15, 0.2) is 140 Å². The predicted octanol–water partition coefficient (Wildman–Crippen LogP) is 14.6. The van der Waals surface area contributed by atoms with Gasteiger partial charge in [0.1, 0.15) is 0 Å². The van der Waals surface area contributed by atoms with E-state index in [2.05, 4.69) is 172 Å². The fraction of sp³-hybridized carbons (Fsp3) is 0.333. The van der Waals surface area contributed by atoms with Crippen molar-refractivity contribution in [2.24, 2.45) is 23.7 Å². The molecule has 0 heterocycles. The van der Waals surface area contributed by atoms with Crippen molar-refractivity contribution in [3.05, 3.63) is 162 Å². The van der Waals surface area contributed by atoms with Gasteiger partial charge in [-0.2, -0.15) is 0 Å². The molecule has 1 spiro atoms. The molecule has 0 amide bonds. The lowest BCUT2D eigenvalue weighted by atomic mass is 9.43.